The second-order valence-electron chi connectivity index (χ2n) is 5.69. The van der Waals surface area contributed by atoms with Crippen molar-refractivity contribution in [3.63, 3.8) is 0 Å². The molecule has 1 atom stereocenters. The maximum absolute atomic E-state index is 12.7. The predicted molar refractivity (Wildman–Crippen MR) is 86.7 cm³/mol. The highest BCUT2D eigenvalue weighted by molar-refractivity contribution is 7.89. The third-order valence-electron chi connectivity index (χ3n) is 3.62. The molecule has 0 bridgehead atoms. The van der Waals surface area contributed by atoms with E-state index in [2.05, 4.69) is 14.9 Å². The lowest BCUT2D eigenvalue weighted by Crippen LogP contribution is -2.42. The predicted octanol–water partition coefficient (Wildman–Crippen LogP) is 1.60. The largest absolute Gasteiger partial charge is 0.497 e. The van der Waals surface area contributed by atoms with Crippen molar-refractivity contribution in [1.82, 2.24) is 19.7 Å². The quantitative estimate of drug-likeness (QED) is 0.829. The van der Waals surface area contributed by atoms with E-state index in [-0.39, 0.29) is 16.9 Å². The normalized spacial score (nSPS) is 13.3. The van der Waals surface area contributed by atoms with Crippen LogP contribution in [0.25, 0.3) is 0 Å². The molecule has 0 saturated carbocycles. The molecule has 0 amide bonds. The first-order chi connectivity index (χ1) is 10.8. The Balaban J connectivity index is 2.27. The molecule has 2 aromatic rings. The number of hydrogen-bond acceptors (Lipinski definition) is 5. The first-order valence-electron chi connectivity index (χ1n) is 7.34. The number of sulfonamides is 1. The molecular weight excluding hydrogens is 316 g/mol. The van der Waals surface area contributed by atoms with E-state index < -0.39 is 10.0 Å². The molecule has 1 aromatic carbocycles. The lowest BCUT2D eigenvalue weighted by Gasteiger charge is -2.22. The lowest BCUT2D eigenvalue weighted by atomic mass is 10.1. The van der Waals surface area contributed by atoms with Gasteiger partial charge in [-0.3, -0.25) is 0 Å². The van der Waals surface area contributed by atoms with Gasteiger partial charge in [0.2, 0.25) is 10.0 Å². The number of rotatable bonds is 7. The highest BCUT2D eigenvalue weighted by Gasteiger charge is 2.25. The van der Waals surface area contributed by atoms with E-state index in [1.807, 2.05) is 13.8 Å². The molecule has 0 fully saturated rings. The number of benzene rings is 1. The summed E-state index contributed by atoms with van der Waals surface area (Å²) in [5.41, 5.74) is 0.665. The molecule has 1 unspecified atom stereocenters. The van der Waals surface area contributed by atoms with Crippen LogP contribution in [-0.4, -0.2) is 36.6 Å². The van der Waals surface area contributed by atoms with Gasteiger partial charge in [-0.05, 0) is 24.5 Å². The Bertz CT molecular complexity index is 742. The summed E-state index contributed by atoms with van der Waals surface area (Å²) in [6, 6.07) is 4.67. The van der Waals surface area contributed by atoms with Gasteiger partial charge in [-0.1, -0.05) is 19.9 Å². The van der Waals surface area contributed by atoms with Gasteiger partial charge in [-0.2, -0.15) is 15.0 Å². The fourth-order valence-electron chi connectivity index (χ4n) is 2.16. The van der Waals surface area contributed by atoms with E-state index in [0.29, 0.717) is 17.9 Å². The Morgan fingerprint density at radius 1 is 1.26 bits per heavy atom. The third kappa shape index (κ3) is 4.29. The van der Waals surface area contributed by atoms with Crippen LogP contribution in [0.1, 0.15) is 19.4 Å². The van der Waals surface area contributed by atoms with Gasteiger partial charge in [0.25, 0.3) is 0 Å². The second kappa shape index (κ2) is 7.10. The maximum atomic E-state index is 12.7. The summed E-state index contributed by atoms with van der Waals surface area (Å²) >= 11 is 0. The number of nitrogens with one attached hydrogen (secondary N) is 1. The first kappa shape index (κ1) is 17.4. The third-order valence-corrected chi connectivity index (χ3v) is 5.25. The zero-order valence-corrected chi connectivity index (χ0v) is 14.5. The van der Waals surface area contributed by atoms with Crippen LogP contribution in [0.4, 0.5) is 0 Å². The maximum Gasteiger partial charge on any atom is 0.241 e. The molecule has 7 nitrogen and oxygen atoms in total. The number of ether oxygens (including phenoxy) is 1. The van der Waals surface area contributed by atoms with Crippen LogP contribution in [0.5, 0.6) is 5.75 Å². The second-order valence-corrected chi connectivity index (χ2v) is 7.37. The molecule has 126 valence electrons. The minimum atomic E-state index is -3.67. The highest BCUT2D eigenvalue weighted by Crippen LogP contribution is 2.22. The zero-order valence-electron chi connectivity index (χ0n) is 13.7. The number of nitrogens with zero attached hydrogens (tertiary/aromatic N) is 3. The van der Waals surface area contributed by atoms with Crippen molar-refractivity contribution in [2.75, 3.05) is 7.11 Å². The Morgan fingerprint density at radius 2 is 1.91 bits per heavy atom. The molecule has 8 heteroatoms. The van der Waals surface area contributed by atoms with E-state index in [0.717, 1.165) is 0 Å². The summed E-state index contributed by atoms with van der Waals surface area (Å²) in [6.07, 6.45) is 3.14. The van der Waals surface area contributed by atoms with Crippen LogP contribution in [0.3, 0.4) is 0 Å². The van der Waals surface area contributed by atoms with Crippen LogP contribution >= 0.6 is 0 Å². The van der Waals surface area contributed by atoms with Gasteiger partial charge in [-0.15, -0.1) is 0 Å². The van der Waals surface area contributed by atoms with Gasteiger partial charge in [0.15, 0.2) is 0 Å². The average Bonchev–Trinajstić information content (AvgIpc) is 2.99. The monoisotopic (exact) mass is 338 g/mol. The summed E-state index contributed by atoms with van der Waals surface area (Å²) in [6.45, 7) is 6.03. The van der Waals surface area contributed by atoms with E-state index in [9.17, 15) is 8.42 Å². The van der Waals surface area contributed by atoms with Crippen LogP contribution in [-0.2, 0) is 16.6 Å². The fraction of sp³-hybridized carbons (Fsp3) is 0.467. The van der Waals surface area contributed by atoms with E-state index in [1.165, 1.54) is 18.0 Å². The molecule has 0 spiro atoms. The number of methoxy groups -OCH3 is 1. The van der Waals surface area contributed by atoms with Crippen LogP contribution < -0.4 is 9.46 Å². The number of hydrogen-bond donors (Lipinski definition) is 1. The molecule has 0 saturated heterocycles. The van der Waals surface area contributed by atoms with E-state index >= 15 is 0 Å². The zero-order chi connectivity index (χ0) is 17.0. The molecule has 0 aliphatic carbocycles. The molecule has 0 aliphatic rings. The van der Waals surface area contributed by atoms with Crippen molar-refractivity contribution in [2.24, 2.45) is 5.92 Å². The van der Waals surface area contributed by atoms with Crippen molar-refractivity contribution in [1.29, 1.82) is 0 Å². The minimum absolute atomic E-state index is 0.0849. The van der Waals surface area contributed by atoms with Gasteiger partial charge in [-0.25, -0.2) is 13.1 Å². The molecule has 1 aromatic heterocycles. The lowest BCUT2D eigenvalue weighted by molar-refractivity contribution is 0.361. The van der Waals surface area contributed by atoms with Gasteiger partial charge in [0.1, 0.15) is 5.75 Å². The van der Waals surface area contributed by atoms with Crippen LogP contribution in [0.15, 0.2) is 35.5 Å². The van der Waals surface area contributed by atoms with Gasteiger partial charge >= 0.3 is 0 Å². The smallest absolute Gasteiger partial charge is 0.241 e. The Morgan fingerprint density at radius 3 is 2.48 bits per heavy atom. The van der Waals surface area contributed by atoms with Crippen LogP contribution in [0.2, 0.25) is 0 Å². The average molecular weight is 338 g/mol. The topological polar surface area (TPSA) is 86.1 Å². The Hall–Kier alpha value is -1.93. The van der Waals surface area contributed by atoms with Gasteiger partial charge in [0.05, 0.1) is 30.9 Å². The molecule has 0 aliphatic heterocycles. The summed E-state index contributed by atoms with van der Waals surface area (Å²) in [5, 5.41) is 8.07. The Kier molecular flexibility index (Phi) is 5.38. The van der Waals surface area contributed by atoms with Crippen molar-refractivity contribution in [3.8, 4) is 5.75 Å². The molecule has 2 rings (SSSR count). The van der Waals surface area contributed by atoms with E-state index in [1.54, 1.807) is 31.5 Å². The summed E-state index contributed by atoms with van der Waals surface area (Å²) in [5.74, 6) is 0.590. The Labute approximate surface area is 136 Å². The molecule has 1 heterocycles. The van der Waals surface area contributed by atoms with Crippen LogP contribution in [0, 0.1) is 12.8 Å². The van der Waals surface area contributed by atoms with Crippen molar-refractivity contribution >= 4 is 10.0 Å². The highest BCUT2D eigenvalue weighted by atomic mass is 32.2. The van der Waals surface area contributed by atoms with Gasteiger partial charge in [0, 0.05) is 12.1 Å². The summed E-state index contributed by atoms with van der Waals surface area (Å²) < 4.78 is 33.4. The van der Waals surface area contributed by atoms with Gasteiger partial charge < -0.3 is 4.74 Å². The van der Waals surface area contributed by atoms with Crippen molar-refractivity contribution in [2.45, 2.75) is 38.3 Å². The molecule has 23 heavy (non-hydrogen) atoms. The first-order valence-corrected chi connectivity index (χ1v) is 8.83. The molecular formula is C15H22N4O3S. The number of aromatic nitrogens is 3. The standard InChI is InChI=1S/C15H22N4O3S/c1-11(2)14(10-19-16-7-8-17-19)18-23(20,21)15-9-13(22-4)6-5-12(15)3/h5-9,11,14,18H,10H2,1-4H3. The number of aryl methyl sites for hydroxylation is 1. The molecule has 0 radical (unpaired) electrons. The SMILES string of the molecule is COc1ccc(C)c(S(=O)(=O)NC(Cn2nccn2)C(C)C)c1. The van der Waals surface area contributed by atoms with E-state index in [4.69, 9.17) is 4.74 Å². The summed E-state index contributed by atoms with van der Waals surface area (Å²) in [7, 11) is -2.16. The van der Waals surface area contributed by atoms with Crippen molar-refractivity contribution < 1.29 is 13.2 Å². The fourth-order valence-corrected chi connectivity index (χ4v) is 3.79. The minimum Gasteiger partial charge on any atom is -0.497 e. The summed E-state index contributed by atoms with van der Waals surface area (Å²) in [4.78, 5) is 1.70. The molecule has 1 N–H and O–H groups in total. The van der Waals surface area contributed by atoms with Crippen molar-refractivity contribution in [3.05, 3.63) is 36.2 Å².